The van der Waals surface area contributed by atoms with Gasteiger partial charge in [0.05, 0.1) is 17.3 Å². The fourth-order valence-electron chi connectivity index (χ4n) is 2.23. The van der Waals surface area contributed by atoms with E-state index in [1.807, 2.05) is 0 Å². The molecule has 8 nitrogen and oxygen atoms in total. The minimum atomic E-state index is -0.993. The second-order valence-corrected chi connectivity index (χ2v) is 5.27. The number of amides is 1. The zero-order valence-corrected chi connectivity index (χ0v) is 13.0. The number of imidazole rings is 1. The largest absolute Gasteiger partial charge is 0.469 e. The first-order valence-electron chi connectivity index (χ1n) is 7.22. The van der Waals surface area contributed by atoms with E-state index in [9.17, 15) is 14.4 Å². The number of rotatable bonds is 4. The van der Waals surface area contributed by atoms with Gasteiger partial charge >= 0.3 is 11.7 Å². The predicted octanol–water partition coefficient (Wildman–Crippen LogP) is 1.94. The van der Waals surface area contributed by atoms with Gasteiger partial charge in [0.1, 0.15) is 11.3 Å². The Morgan fingerprint density at radius 1 is 1.21 bits per heavy atom. The maximum Gasteiger partial charge on any atom is 0.342 e. The van der Waals surface area contributed by atoms with Crippen LogP contribution in [0.5, 0.6) is 0 Å². The highest BCUT2D eigenvalue weighted by Gasteiger charge is 2.21. The van der Waals surface area contributed by atoms with Crippen molar-refractivity contribution in [2.45, 2.75) is 20.0 Å². The van der Waals surface area contributed by atoms with Gasteiger partial charge in [-0.3, -0.25) is 4.79 Å². The van der Waals surface area contributed by atoms with Gasteiger partial charge in [0, 0.05) is 5.69 Å². The van der Waals surface area contributed by atoms with Crippen molar-refractivity contribution in [2.24, 2.45) is 0 Å². The number of carbonyl (C=O) groups is 2. The first-order chi connectivity index (χ1) is 11.4. The highest BCUT2D eigenvalue weighted by Crippen LogP contribution is 2.16. The molecule has 8 heteroatoms. The van der Waals surface area contributed by atoms with Crippen LogP contribution < -0.4 is 11.0 Å². The molecule has 0 unspecified atom stereocenters. The van der Waals surface area contributed by atoms with Crippen LogP contribution in [-0.2, 0) is 9.53 Å². The van der Waals surface area contributed by atoms with E-state index in [-0.39, 0.29) is 11.3 Å². The number of ether oxygens (including phenoxy) is 1. The smallest absolute Gasteiger partial charge is 0.342 e. The van der Waals surface area contributed by atoms with Crippen molar-refractivity contribution in [3.8, 4) is 0 Å². The van der Waals surface area contributed by atoms with E-state index in [4.69, 9.17) is 9.15 Å². The van der Waals surface area contributed by atoms with E-state index in [0.29, 0.717) is 22.5 Å². The fourth-order valence-corrected chi connectivity index (χ4v) is 2.23. The number of benzene rings is 1. The molecule has 0 aliphatic carbocycles. The molecule has 0 fully saturated rings. The summed E-state index contributed by atoms with van der Waals surface area (Å²) in [6.07, 6.45) is 0.386. The molecule has 0 spiro atoms. The minimum absolute atomic E-state index is 0.279. The summed E-state index contributed by atoms with van der Waals surface area (Å²) in [5.74, 6) is -0.689. The Kier molecular flexibility index (Phi) is 3.95. The van der Waals surface area contributed by atoms with E-state index in [0.717, 1.165) is 0 Å². The lowest BCUT2D eigenvalue weighted by atomic mass is 10.2. The monoisotopic (exact) mass is 329 g/mol. The fraction of sp³-hybridized carbons (Fsp3) is 0.188. The van der Waals surface area contributed by atoms with Crippen molar-refractivity contribution in [2.75, 3.05) is 5.32 Å². The van der Waals surface area contributed by atoms with Crippen LogP contribution in [0.2, 0.25) is 0 Å². The van der Waals surface area contributed by atoms with Gasteiger partial charge < -0.3 is 24.4 Å². The van der Waals surface area contributed by atoms with Crippen LogP contribution in [0.25, 0.3) is 11.0 Å². The summed E-state index contributed by atoms with van der Waals surface area (Å²) in [6, 6.07) is 6.39. The number of hydrogen-bond acceptors (Lipinski definition) is 5. The van der Waals surface area contributed by atoms with Gasteiger partial charge in [-0.2, -0.15) is 0 Å². The molecule has 3 aromatic rings. The molecule has 2 aromatic heterocycles. The Morgan fingerprint density at radius 2 is 1.96 bits per heavy atom. The summed E-state index contributed by atoms with van der Waals surface area (Å²) in [5.41, 5.74) is 1.63. The molecular weight excluding hydrogens is 314 g/mol. The number of aromatic amines is 2. The van der Waals surface area contributed by atoms with Crippen LogP contribution in [0, 0.1) is 6.92 Å². The summed E-state index contributed by atoms with van der Waals surface area (Å²) < 4.78 is 10.2. The molecule has 0 saturated carbocycles. The number of hydrogen-bond donors (Lipinski definition) is 3. The van der Waals surface area contributed by atoms with Gasteiger partial charge in [-0.25, -0.2) is 9.59 Å². The summed E-state index contributed by atoms with van der Waals surface area (Å²) in [6.45, 7) is 3.10. The van der Waals surface area contributed by atoms with Crippen LogP contribution in [-0.4, -0.2) is 27.9 Å². The summed E-state index contributed by atoms with van der Waals surface area (Å²) >= 11 is 0. The number of aromatic nitrogens is 2. The first-order valence-corrected chi connectivity index (χ1v) is 7.22. The normalized spacial score (nSPS) is 12.1. The van der Waals surface area contributed by atoms with Crippen LogP contribution in [0.1, 0.15) is 23.0 Å². The van der Waals surface area contributed by atoms with Gasteiger partial charge in [-0.15, -0.1) is 0 Å². The standard InChI is InChI=1S/C16H15N3O5/c1-8-11(5-6-23-8)15(21)24-9(2)14(20)17-10-3-4-12-13(7-10)19-16(22)18-12/h3-7,9H,1-2H3,(H,17,20)(H2,18,19,22)/t9-/m1/s1. The molecule has 1 amide bonds. The molecular formula is C16H15N3O5. The molecule has 3 rings (SSSR count). The molecule has 24 heavy (non-hydrogen) atoms. The Labute approximate surface area is 135 Å². The number of furan rings is 1. The zero-order chi connectivity index (χ0) is 17.3. The highest BCUT2D eigenvalue weighted by atomic mass is 16.5. The molecule has 0 aliphatic heterocycles. The van der Waals surface area contributed by atoms with Crippen LogP contribution in [0.4, 0.5) is 5.69 Å². The Morgan fingerprint density at radius 3 is 2.67 bits per heavy atom. The third kappa shape index (κ3) is 3.07. The maximum absolute atomic E-state index is 12.2. The lowest BCUT2D eigenvalue weighted by Gasteiger charge is -2.13. The van der Waals surface area contributed by atoms with Crippen molar-refractivity contribution in [3.05, 3.63) is 52.3 Å². The van der Waals surface area contributed by atoms with Crippen molar-refractivity contribution >= 4 is 28.6 Å². The second-order valence-electron chi connectivity index (χ2n) is 5.27. The number of H-pyrrole nitrogens is 2. The van der Waals surface area contributed by atoms with Crippen molar-refractivity contribution in [1.82, 2.24) is 9.97 Å². The van der Waals surface area contributed by atoms with Crippen molar-refractivity contribution in [3.63, 3.8) is 0 Å². The van der Waals surface area contributed by atoms with Crippen LogP contribution >= 0.6 is 0 Å². The quantitative estimate of drug-likeness (QED) is 0.632. The average molecular weight is 329 g/mol. The van der Waals surface area contributed by atoms with Gasteiger partial charge in [-0.1, -0.05) is 0 Å². The molecule has 1 aromatic carbocycles. The average Bonchev–Trinajstić information content (AvgIpc) is 3.11. The third-order valence-corrected chi connectivity index (χ3v) is 3.52. The molecule has 0 bridgehead atoms. The summed E-state index contributed by atoms with van der Waals surface area (Å²) in [4.78, 5) is 40.6. The second kappa shape index (κ2) is 6.07. The number of nitrogens with one attached hydrogen (secondary N) is 3. The molecule has 0 radical (unpaired) electrons. The van der Waals surface area contributed by atoms with Gasteiger partial charge in [0.2, 0.25) is 0 Å². The van der Waals surface area contributed by atoms with E-state index >= 15 is 0 Å². The number of aryl methyl sites for hydroxylation is 1. The maximum atomic E-state index is 12.2. The number of anilines is 1. The number of fused-ring (bicyclic) bond motifs is 1. The molecule has 124 valence electrons. The molecule has 3 N–H and O–H groups in total. The van der Waals surface area contributed by atoms with E-state index in [1.54, 1.807) is 25.1 Å². The topological polar surface area (TPSA) is 117 Å². The minimum Gasteiger partial charge on any atom is -0.469 e. The lowest BCUT2D eigenvalue weighted by molar-refractivity contribution is -0.123. The number of esters is 1. The Bertz CT molecular complexity index is 965. The van der Waals surface area contributed by atoms with E-state index in [2.05, 4.69) is 15.3 Å². The first kappa shape index (κ1) is 15.6. The van der Waals surface area contributed by atoms with Gasteiger partial charge in [0.15, 0.2) is 6.10 Å². The van der Waals surface area contributed by atoms with Crippen molar-refractivity contribution < 1.29 is 18.7 Å². The van der Waals surface area contributed by atoms with E-state index in [1.165, 1.54) is 19.3 Å². The third-order valence-electron chi connectivity index (χ3n) is 3.52. The predicted molar refractivity (Wildman–Crippen MR) is 85.9 cm³/mol. The SMILES string of the molecule is Cc1occc1C(=O)O[C@H](C)C(=O)Nc1ccc2[nH]c(=O)[nH]c2c1. The lowest BCUT2D eigenvalue weighted by Crippen LogP contribution is -2.30. The zero-order valence-electron chi connectivity index (χ0n) is 13.0. The molecule has 0 aliphatic rings. The molecule has 1 atom stereocenters. The van der Waals surface area contributed by atoms with Crippen molar-refractivity contribution in [1.29, 1.82) is 0 Å². The van der Waals surface area contributed by atoms with Crippen LogP contribution in [0.3, 0.4) is 0 Å². The van der Waals surface area contributed by atoms with E-state index < -0.39 is 18.0 Å². The molecule has 0 saturated heterocycles. The summed E-state index contributed by atoms with van der Waals surface area (Å²) in [5, 5.41) is 2.63. The van der Waals surface area contributed by atoms with Gasteiger partial charge in [-0.05, 0) is 38.1 Å². The number of carbonyl (C=O) groups excluding carboxylic acids is 2. The highest BCUT2D eigenvalue weighted by molar-refractivity contribution is 5.98. The van der Waals surface area contributed by atoms with Crippen LogP contribution in [0.15, 0.2) is 39.7 Å². The summed E-state index contributed by atoms with van der Waals surface area (Å²) in [7, 11) is 0. The Hall–Kier alpha value is -3.29. The molecule has 2 heterocycles. The van der Waals surface area contributed by atoms with Gasteiger partial charge in [0.25, 0.3) is 5.91 Å². The Balaban J connectivity index is 1.67.